The summed E-state index contributed by atoms with van der Waals surface area (Å²) in [5.41, 5.74) is 6.77. The van der Waals surface area contributed by atoms with Crippen LogP contribution >= 0.6 is 0 Å². The molecule has 0 aliphatic carbocycles. The van der Waals surface area contributed by atoms with Crippen LogP contribution in [-0.4, -0.2) is 55.0 Å². The molecule has 0 bridgehead atoms. The molecule has 8 heteroatoms. The van der Waals surface area contributed by atoms with E-state index in [-0.39, 0.29) is 6.61 Å². The molecule has 2 aromatic heterocycles. The fourth-order valence-corrected chi connectivity index (χ4v) is 2.23. The molecule has 19 heavy (non-hydrogen) atoms. The molecule has 8 nitrogen and oxygen atoms in total. The Morgan fingerprint density at radius 1 is 1.37 bits per heavy atom. The maximum Gasteiger partial charge on any atom is 0.181 e. The highest BCUT2D eigenvalue weighted by atomic mass is 16.6. The Morgan fingerprint density at radius 2 is 2.16 bits per heavy atom. The van der Waals surface area contributed by atoms with E-state index < -0.39 is 24.5 Å². The third-order valence-corrected chi connectivity index (χ3v) is 3.29. The smallest absolute Gasteiger partial charge is 0.181 e. The Bertz CT molecular complexity index is 601. The molecule has 1 aliphatic rings. The van der Waals surface area contributed by atoms with Crippen LogP contribution in [-0.2, 0) is 4.74 Å². The molecule has 0 aromatic carbocycles. The molecule has 0 saturated carbocycles. The predicted molar refractivity (Wildman–Crippen MR) is 64.9 cm³/mol. The molecular formula is C11H14N4O4. The first-order valence-corrected chi connectivity index (χ1v) is 5.83. The number of pyridine rings is 1. The van der Waals surface area contributed by atoms with Crippen LogP contribution in [0.4, 0.5) is 5.69 Å². The standard InChI is InChI=1S/C11H14N4O4/c12-6-1-2-13-10-5(6)3-14-15(10)11-9(18)8(17)7(4-16)19-11/h1-3,7-9,11,16-18H,4H2,(H2,12,13). The van der Waals surface area contributed by atoms with Crippen molar-refractivity contribution in [1.29, 1.82) is 0 Å². The molecule has 0 spiro atoms. The van der Waals surface area contributed by atoms with E-state index in [1.54, 1.807) is 6.07 Å². The van der Waals surface area contributed by atoms with Crippen molar-refractivity contribution in [2.45, 2.75) is 24.5 Å². The summed E-state index contributed by atoms with van der Waals surface area (Å²) < 4.78 is 6.75. The van der Waals surface area contributed by atoms with Gasteiger partial charge < -0.3 is 25.8 Å². The van der Waals surface area contributed by atoms with Crippen molar-refractivity contribution in [2.75, 3.05) is 12.3 Å². The van der Waals surface area contributed by atoms with Gasteiger partial charge in [-0.1, -0.05) is 0 Å². The van der Waals surface area contributed by atoms with Crippen molar-refractivity contribution in [2.24, 2.45) is 0 Å². The summed E-state index contributed by atoms with van der Waals surface area (Å²) in [6, 6.07) is 1.64. The van der Waals surface area contributed by atoms with Crippen LogP contribution in [0.15, 0.2) is 18.5 Å². The van der Waals surface area contributed by atoms with Gasteiger partial charge in [-0.2, -0.15) is 5.10 Å². The Morgan fingerprint density at radius 3 is 2.84 bits per heavy atom. The van der Waals surface area contributed by atoms with Gasteiger partial charge in [0, 0.05) is 11.9 Å². The van der Waals surface area contributed by atoms with Crippen molar-refractivity contribution < 1.29 is 20.1 Å². The highest BCUT2D eigenvalue weighted by Crippen LogP contribution is 2.31. The van der Waals surface area contributed by atoms with Crippen LogP contribution < -0.4 is 5.73 Å². The Balaban J connectivity index is 2.04. The molecule has 0 amide bonds. The number of nitrogen functional groups attached to an aromatic ring is 1. The lowest BCUT2D eigenvalue weighted by Gasteiger charge is -2.15. The lowest BCUT2D eigenvalue weighted by Crippen LogP contribution is -2.33. The first-order chi connectivity index (χ1) is 9.13. The number of aliphatic hydroxyl groups is 3. The van der Waals surface area contributed by atoms with E-state index in [1.807, 2.05) is 0 Å². The quantitative estimate of drug-likeness (QED) is 0.528. The fourth-order valence-electron chi connectivity index (χ4n) is 2.23. The van der Waals surface area contributed by atoms with Crippen LogP contribution in [0.2, 0.25) is 0 Å². The summed E-state index contributed by atoms with van der Waals surface area (Å²) in [5, 5.41) is 33.5. The number of hydrogen-bond donors (Lipinski definition) is 4. The maximum atomic E-state index is 9.95. The van der Waals surface area contributed by atoms with E-state index in [0.29, 0.717) is 16.7 Å². The minimum Gasteiger partial charge on any atom is -0.398 e. The largest absolute Gasteiger partial charge is 0.398 e. The molecule has 2 aromatic rings. The number of ether oxygens (including phenoxy) is 1. The van der Waals surface area contributed by atoms with Crippen molar-refractivity contribution >= 4 is 16.7 Å². The minimum absolute atomic E-state index is 0.385. The number of anilines is 1. The van der Waals surface area contributed by atoms with Crippen molar-refractivity contribution in [3.8, 4) is 0 Å². The van der Waals surface area contributed by atoms with Crippen molar-refractivity contribution in [3.63, 3.8) is 0 Å². The molecule has 102 valence electrons. The van der Waals surface area contributed by atoms with E-state index in [4.69, 9.17) is 15.6 Å². The van der Waals surface area contributed by atoms with Crippen molar-refractivity contribution in [1.82, 2.24) is 14.8 Å². The van der Waals surface area contributed by atoms with Gasteiger partial charge in [-0.05, 0) is 6.07 Å². The first kappa shape index (κ1) is 12.3. The van der Waals surface area contributed by atoms with Gasteiger partial charge in [-0.15, -0.1) is 0 Å². The third-order valence-electron chi connectivity index (χ3n) is 3.29. The second-order valence-corrected chi connectivity index (χ2v) is 4.46. The number of aromatic nitrogens is 3. The summed E-state index contributed by atoms with van der Waals surface area (Å²) in [4.78, 5) is 4.14. The zero-order chi connectivity index (χ0) is 13.6. The summed E-state index contributed by atoms with van der Waals surface area (Å²) in [6.07, 6.45) is -1.07. The van der Waals surface area contributed by atoms with Crippen LogP contribution in [0.3, 0.4) is 0 Å². The Labute approximate surface area is 108 Å². The van der Waals surface area contributed by atoms with Gasteiger partial charge in [0.05, 0.1) is 18.2 Å². The molecule has 3 heterocycles. The number of aliphatic hydroxyl groups excluding tert-OH is 3. The van der Waals surface area contributed by atoms with Crippen molar-refractivity contribution in [3.05, 3.63) is 18.5 Å². The minimum atomic E-state index is -1.19. The summed E-state index contributed by atoms with van der Waals surface area (Å²) in [5.74, 6) is 0. The van der Waals surface area contributed by atoms with E-state index >= 15 is 0 Å². The number of nitrogens with zero attached hydrogens (tertiary/aromatic N) is 3. The van der Waals surface area contributed by atoms with E-state index in [0.717, 1.165) is 0 Å². The van der Waals surface area contributed by atoms with E-state index in [1.165, 1.54) is 17.1 Å². The molecule has 5 N–H and O–H groups in total. The van der Waals surface area contributed by atoms with Gasteiger partial charge in [0.1, 0.15) is 18.3 Å². The van der Waals surface area contributed by atoms with Gasteiger partial charge in [0.2, 0.25) is 0 Å². The Hall–Kier alpha value is -1.74. The summed E-state index contributed by atoms with van der Waals surface area (Å²) >= 11 is 0. The lowest BCUT2D eigenvalue weighted by molar-refractivity contribution is -0.0566. The van der Waals surface area contributed by atoms with E-state index in [9.17, 15) is 10.2 Å². The Kier molecular flexibility index (Phi) is 2.86. The van der Waals surface area contributed by atoms with E-state index in [2.05, 4.69) is 10.1 Å². The number of nitrogens with two attached hydrogens (primary N) is 1. The van der Waals surface area contributed by atoms with Gasteiger partial charge in [0.15, 0.2) is 11.9 Å². The highest BCUT2D eigenvalue weighted by Gasteiger charge is 2.44. The fraction of sp³-hybridized carbons (Fsp3) is 0.455. The predicted octanol–water partition coefficient (Wildman–Crippen LogP) is -1.38. The van der Waals surface area contributed by atoms with Gasteiger partial charge in [-0.25, -0.2) is 9.67 Å². The second kappa shape index (κ2) is 4.42. The monoisotopic (exact) mass is 266 g/mol. The van der Waals surface area contributed by atoms with Gasteiger partial charge in [0.25, 0.3) is 0 Å². The number of fused-ring (bicyclic) bond motifs is 1. The zero-order valence-electron chi connectivity index (χ0n) is 9.92. The lowest BCUT2D eigenvalue weighted by atomic mass is 10.1. The molecule has 1 saturated heterocycles. The number of hydrogen-bond acceptors (Lipinski definition) is 7. The SMILES string of the molecule is Nc1ccnc2c1cnn2C1OC(CO)C(O)C1O. The topological polar surface area (TPSA) is 127 Å². The van der Waals surface area contributed by atoms with Gasteiger partial charge >= 0.3 is 0 Å². The average Bonchev–Trinajstić information content (AvgIpc) is 2.94. The summed E-state index contributed by atoms with van der Waals surface area (Å²) in [6.45, 7) is -0.385. The molecule has 0 radical (unpaired) electrons. The first-order valence-electron chi connectivity index (χ1n) is 5.83. The van der Waals surface area contributed by atoms with Crippen LogP contribution in [0, 0.1) is 0 Å². The highest BCUT2D eigenvalue weighted by molar-refractivity contribution is 5.87. The molecule has 4 atom stereocenters. The number of rotatable bonds is 2. The molecular weight excluding hydrogens is 252 g/mol. The third kappa shape index (κ3) is 1.77. The maximum absolute atomic E-state index is 9.95. The molecule has 1 aliphatic heterocycles. The molecule has 4 unspecified atom stereocenters. The molecule has 3 rings (SSSR count). The van der Waals surface area contributed by atoms with Crippen LogP contribution in [0.1, 0.15) is 6.23 Å². The molecule has 1 fully saturated rings. The van der Waals surface area contributed by atoms with Crippen LogP contribution in [0.25, 0.3) is 11.0 Å². The van der Waals surface area contributed by atoms with Gasteiger partial charge in [-0.3, -0.25) is 0 Å². The zero-order valence-corrected chi connectivity index (χ0v) is 9.92. The average molecular weight is 266 g/mol. The second-order valence-electron chi connectivity index (χ2n) is 4.46. The normalized spacial score (nSPS) is 31.1. The summed E-state index contributed by atoms with van der Waals surface area (Å²) in [7, 11) is 0. The van der Waals surface area contributed by atoms with Crippen LogP contribution in [0.5, 0.6) is 0 Å².